The minimum atomic E-state index is -1.82. The summed E-state index contributed by atoms with van der Waals surface area (Å²) in [6, 6.07) is 16.0. The maximum Gasteiger partial charge on any atom is 0.414 e. The summed E-state index contributed by atoms with van der Waals surface area (Å²) in [5.41, 5.74) is 2.14. The molecule has 204 valence electrons. The van der Waals surface area contributed by atoms with E-state index in [1.165, 1.54) is 0 Å². The number of nitrogens with zero attached hydrogens (tertiary/aromatic N) is 2. The number of para-hydroxylation sites is 2. The molecule has 0 aromatic heterocycles. The molecule has 3 rings (SSSR count). The molecule has 0 amide bonds. The molecule has 2 aromatic carbocycles. The molecule has 3 unspecified atom stereocenters. The lowest BCUT2D eigenvalue weighted by molar-refractivity contribution is -0.159. The minimum absolute atomic E-state index is 0.284. The first-order chi connectivity index (χ1) is 17.6. The number of carboxylic acid groups (broad SMARTS) is 2. The Morgan fingerprint density at radius 2 is 1.30 bits per heavy atom. The number of rotatable bonds is 10. The second-order valence-electron chi connectivity index (χ2n) is 9.17. The average molecular weight is 519 g/mol. The predicted octanol–water partition coefficient (Wildman–Crippen LogP) is 1.64. The van der Waals surface area contributed by atoms with Gasteiger partial charge in [-0.05, 0) is 44.0 Å². The highest BCUT2D eigenvalue weighted by Gasteiger charge is 2.26. The Kier molecular flexibility index (Phi) is 12.3. The van der Waals surface area contributed by atoms with Crippen molar-refractivity contribution in [2.45, 2.75) is 39.0 Å². The quantitative estimate of drug-likeness (QED) is 0.343. The molecule has 10 nitrogen and oxygen atoms in total. The summed E-state index contributed by atoms with van der Waals surface area (Å²) < 4.78 is 11.6. The lowest BCUT2D eigenvalue weighted by atomic mass is 10.1. The van der Waals surface area contributed by atoms with Crippen LogP contribution in [0.1, 0.15) is 18.1 Å². The Hall–Kier alpha value is -3.18. The fraction of sp³-hybridized carbons (Fsp3) is 0.481. The van der Waals surface area contributed by atoms with E-state index < -0.39 is 24.1 Å². The summed E-state index contributed by atoms with van der Waals surface area (Å²) in [5.74, 6) is -2.01. The Morgan fingerprint density at radius 1 is 0.838 bits per heavy atom. The molecule has 0 spiro atoms. The van der Waals surface area contributed by atoms with Gasteiger partial charge in [0.15, 0.2) is 0 Å². The molecule has 1 saturated heterocycles. The van der Waals surface area contributed by atoms with Crippen LogP contribution in [0.5, 0.6) is 11.5 Å². The number of aliphatic hydroxyl groups excluding tert-OH is 2. The molecule has 2 aromatic rings. The van der Waals surface area contributed by atoms with Crippen LogP contribution in [0, 0.1) is 13.8 Å². The molecular weight excluding hydrogens is 480 g/mol. The van der Waals surface area contributed by atoms with E-state index >= 15 is 0 Å². The number of benzene rings is 2. The first kappa shape index (κ1) is 30.0. The van der Waals surface area contributed by atoms with Gasteiger partial charge in [0, 0.05) is 38.8 Å². The summed E-state index contributed by atoms with van der Waals surface area (Å²) >= 11 is 0. The summed E-state index contributed by atoms with van der Waals surface area (Å²) in [5, 5.41) is 35.6. The maximum atomic E-state index is 10.4. The van der Waals surface area contributed by atoms with Crippen LogP contribution < -0.4 is 9.47 Å². The van der Waals surface area contributed by atoms with Gasteiger partial charge in [0.25, 0.3) is 0 Å². The van der Waals surface area contributed by atoms with Gasteiger partial charge in [-0.15, -0.1) is 0 Å². The lowest BCUT2D eigenvalue weighted by Gasteiger charge is -2.41. The van der Waals surface area contributed by atoms with Crippen LogP contribution in [0.2, 0.25) is 0 Å². The lowest BCUT2D eigenvalue weighted by Crippen LogP contribution is -2.55. The number of aliphatic hydroxyl groups is 2. The van der Waals surface area contributed by atoms with Crippen LogP contribution in [0.4, 0.5) is 0 Å². The van der Waals surface area contributed by atoms with Crippen molar-refractivity contribution in [1.82, 2.24) is 9.80 Å². The Balaban J connectivity index is 0.000000717. The van der Waals surface area contributed by atoms with E-state index in [4.69, 9.17) is 29.3 Å². The molecule has 0 radical (unpaired) electrons. The molecule has 0 saturated carbocycles. The molecule has 10 heteroatoms. The van der Waals surface area contributed by atoms with Crippen LogP contribution in [0.25, 0.3) is 0 Å². The van der Waals surface area contributed by atoms with E-state index in [0.717, 1.165) is 42.3 Å². The van der Waals surface area contributed by atoms with Crippen LogP contribution >= 0.6 is 0 Å². The van der Waals surface area contributed by atoms with Crippen molar-refractivity contribution in [3.63, 3.8) is 0 Å². The van der Waals surface area contributed by atoms with E-state index in [0.29, 0.717) is 19.1 Å². The van der Waals surface area contributed by atoms with Crippen molar-refractivity contribution in [3.05, 3.63) is 59.7 Å². The van der Waals surface area contributed by atoms with Crippen LogP contribution in [0.15, 0.2) is 48.5 Å². The van der Waals surface area contributed by atoms with Gasteiger partial charge in [0.2, 0.25) is 0 Å². The average Bonchev–Trinajstić information content (AvgIpc) is 2.85. The third kappa shape index (κ3) is 10.8. The van der Waals surface area contributed by atoms with Crippen molar-refractivity contribution in [3.8, 4) is 11.5 Å². The highest BCUT2D eigenvalue weighted by Crippen LogP contribution is 2.18. The molecule has 1 fully saturated rings. The molecule has 1 heterocycles. The summed E-state index contributed by atoms with van der Waals surface area (Å²) in [4.78, 5) is 22.8. The number of aliphatic carboxylic acids is 2. The fourth-order valence-corrected chi connectivity index (χ4v) is 3.99. The number of carboxylic acids is 2. The predicted molar refractivity (Wildman–Crippen MR) is 138 cm³/mol. The highest BCUT2D eigenvalue weighted by molar-refractivity contribution is 6.27. The smallest absolute Gasteiger partial charge is 0.414 e. The highest BCUT2D eigenvalue weighted by atomic mass is 16.5. The third-order valence-electron chi connectivity index (χ3n) is 6.00. The van der Waals surface area contributed by atoms with E-state index in [1.54, 1.807) is 0 Å². The van der Waals surface area contributed by atoms with Crippen molar-refractivity contribution < 1.29 is 39.5 Å². The van der Waals surface area contributed by atoms with Gasteiger partial charge in [-0.1, -0.05) is 36.4 Å². The van der Waals surface area contributed by atoms with E-state index in [1.807, 2.05) is 62.4 Å². The van der Waals surface area contributed by atoms with Crippen LogP contribution in [-0.2, 0) is 9.59 Å². The van der Waals surface area contributed by atoms with Crippen molar-refractivity contribution in [2.24, 2.45) is 0 Å². The van der Waals surface area contributed by atoms with Crippen LogP contribution in [-0.4, -0.2) is 106 Å². The van der Waals surface area contributed by atoms with Crippen molar-refractivity contribution in [1.29, 1.82) is 0 Å². The first-order valence-corrected chi connectivity index (χ1v) is 12.2. The number of β-amino-alcohol motifs (C(OH)–C–C–N with tert-alkyl or cyclic N) is 2. The van der Waals surface area contributed by atoms with Gasteiger partial charge in [0.1, 0.15) is 36.9 Å². The third-order valence-corrected chi connectivity index (χ3v) is 6.00. The molecule has 3 atom stereocenters. The molecule has 1 aliphatic heterocycles. The summed E-state index contributed by atoms with van der Waals surface area (Å²) in [6.45, 7) is 10.5. The zero-order valence-corrected chi connectivity index (χ0v) is 21.6. The second kappa shape index (κ2) is 15.2. The monoisotopic (exact) mass is 518 g/mol. The van der Waals surface area contributed by atoms with Gasteiger partial charge >= 0.3 is 11.9 Å². The second-order valence-corrected chi connectivity index (χ2v) is 9.17. The molecule has 37 heavy (non-hydrogen) atoms. The van der Waals surface area contributed by atoms with Gasteiger partial charge in [-0.25, -0.2) is 9.59 Å². The number of hydrogen-bond donors (Lipinski definition) is 4. The number of aryl methyl sites for hydroxylation is 2. The van der Waals surface area contributed by atoms with Crippen molar-refractivity contribution in [2.75, 3.05) is 45.9 Å². The zero-order valence-electron chi connectivity index (χ0n) is 21.6. The standard InChI is InChI=1S/C25H36N2O4.C2H2O4/c1-19-8-4-6-10-24(19)30-17-22(28)15-26-12-13-27(21(3)14-26)16-23(29)18-31-25-11-7-5-9-20(25)2;3-1(4)2(5)6/h4-11,21-23,28-29H,12-18H2,1-3H3;(H,3,4)(H,5,6). The van der Waals surface area contributed by atoms with Gasteiger partial charge in [0.05, 0.1) is 0 Å². The van der Waals surface area contributed by atoms with Gasteiger partial charge < -0.3 is 29.9 Å². The number of hydrogen-bond acceptors (Lipinski definition) is 8. The molecular formula is C27H38N2O8. The zero-order chi connectivity index (χ0) is 27.4. The summed E-state index contributed by atoms with van der Waals surface area (Å²) in [7, 11) is 0. The van der Waals surface area contributed by atoms with E-state index in [9.17, 15) is 10.2 Å². The largest absolute Gasteiger partial charge is 0.491 e. The van der Waals surface area contributed by atoms with Gasteiger partial charge in [-0.3, -0.25) is 9.80 Å². The van der Waals surface area contributed by atoms with Crippen molar-refractivity contribution >= 4 is 11.9 Å². The Bertz CT molecular complexity index is 990. The topological polar surface area (TPSA) is 140 Å². The number of piperazine rings is 1. The first-order valence-electron chi connectivity index (χ1n) is 12.2. The maximum absolute atomic E-state index is 10.4. The fourth-order valence-electron chi connectivity index (χ4n) is 3.99. The Morgan fingerprint density at radius 3 is 1.73 bits per heavy atom. The molecule has 1 aliphatic rings. The molecule has 0 aliphatic carbocycles. The number of ether oxygens (including phenoxy) is 2. The van der Waals surface area contributed by atoms with Gasteiger partial charge in [-0.2, -0.15) is 0 Å². The number of carbonyl (C=O) groups is 2. The molecule has 4 N–H and O–H groups in total. The Labute approximate surface area is 217 Å². The minimum Gasteiger partial charge on any atom is -0.491 e. The van der Waals surface area contributed by atoms with E-state index in [2.05, 4.69) is 16.7 Å². The SMILES string of the molecule is Cc1ccccc1OCC(O)CN1CCN(CC(O)COc2ccccc2C)C(C)C1.O=C(O)C(=O)O. The van der Waals surface area contributed by atoms with Crippen LogP contribution in [0.3, 0.4) is 0 Å². The normalized spacial score (nSPS) is 17.7. The van der Waals surface area contributed by atoms with E-state index in [-0.39, 0.29) is 13.2 Å². The summed E-state index contributed by atoms with van der Waals surface area (Å²) in [6.07, 6.45) is -1.08. The molecule has 0 bridgehead atoms.